The van der Waals surface area contributed by atoms with Crippen LogP contribution in [0.4, 0.5) is 11.5 Å². The number of aromatic nitrogens is 2. The lowest BCUT2D eigenvalue weighted by molar-refractivity contribution is -0.122. The molecule has 0 bridgehead atoms. The summed E-state index contributed by atoms with van der Waals surface area (Å²) in [5.41, 5.74) is 4.25. The van der Waals surface area contributed by atoms with E-state index in [1.807, 2.05) is 41.3 Å². The topological polar surface area (TPSA) is 58.6 Å². The van der Waals surface area contributed by atoms with Gasteiger partial charge in [-0.15, -0.1) is 0 Å². The maximum absolute atomic E-state index is 13.5. The number of carbonyl (C=O) groups is 1. The van der Waals surface area contributed by atoms with Crippen LogP contribution in [0.2, 0.25) is 0 Å². The molecular weight excluding hydrogens is 400 g/mol. The van der Waals surface area contributed by atoms with Crippen LogP contribution in [-0.2, 0) is 11.2 Å². The highest BCUT2D eigenvalue weighted by atomic mass is 16.5. The molecule has 3 aromatic rings. The zero-order chi connectivity index (χ0) is 21.9. The van der Waals surface area contributed by atoms with E-state index >= 15 is 0 Å². The third kappa shape index (κ3) is 4.05. The Morgan fingerprint density at radius 1 is 1.03 bits per heavy atom. The maximum Gasteiger partial charge on any atom is 0.231 e. The van der Waals surface area contributed by atoms with Gasteiger partial charge in [0.25, 0.3) is 0 Å². The molecule has 1 aromatic heterocycles. The van der Waals surface area contributed by atoms with Gasteiger partial charge in [0.1, 0.15) is 17.9 Å². The fraction of sp³-hybridized carbons (Fsp3) is 0.346. The number of amides is 1. The van der Waals surface area contributed by atoms with E-state index in [0.29, 0.717) is 6.54 Å². The monoisotopic (exact) mass is 428 g/mol. The molecule has 2 aliphatic rings. The highest BCUT2D eigenvalue weighted by Crippen LogP contribution is 2.31. The molecule has 2 aliphatic heterocycles. The van der Waals surface area contributed by atoms with Crippen LogP contribution in [0.3, 0.4) is 0 Å². The fourth-order valence-electron chi connectivity index (χ4n) is 4.81. The number of aryl methyl sites for hydroxylation is 1. The molecule has 1 saturated heterocycles. The Morgan fingerprint density at radius 3 is 2.72 bits per heavy atom. The Balaban J connectivity index is 1.34. The standard InChI is InChI=1S/C26H28N4O2/c1-32-22-12-10-19(11-13-22)23-16-25(28-18-27-23)29-14-4-8-21(17-29)26(31)30-15-5-7-20-6-2-3-9-24(20)30/h2-3,6,9-13,16,18,21H,4-5,7-8,14-15,17H2,1H3. The summed E-state index contributed by atoms with van der Waals surface area (Å²) in [4.78, 5) is 26.7. The Hall–Kier alpha value is -3.41. The molecule has 2 aromatic carbocycles. The van der Waals surface area contributed by atoms with E-state index in [4.69, 9.17) is 4.74 Å². The Kier molecular flexibility index (Phi) is 5.75. The summed E-state index contributed by atoms with van der Waals surface area (Å²) in [6, 6.07) is 18.2. The number of hydrogen-bond donors (Lipinski definition) is 0. The second-order valence-electron chi connectivity index (χ2n) is 8.50. The number of nitrogens with zero attached hydrogens (tertiary/aromatic N) is 4. The molecule has 5 rings (SSSR count). The van der Waals surface area contributed by atoms with Crippen molar-refractivity contribution in [2.75, 3.05) is 36.5 Å². The van der Waals surface area contributed by atoms with Crippen molar-refractivity contribution in [3.63, 3.8) is 0 Å². The molecule has 6 nitrogen and oxygen atoms in total. The molecule has 1 fully saturated rings. The molecule has 3 heterocycles. The van der Waals surface area contributed by atoms with E-state index < -0.39 is 0 Å². The van der Waals surface area contributed by atoms with Gasteiger partial charge >= 0.3 is 0 Å². The van der Waals surface area contributed by atoms with Gasteiger partial charge in [-0.2, -0.15) is 0 Å². The summed E-state index contributed by atoms with van der Waals surface area (Å²) < 4.78 is 5.25. The van der Waals surface area contributed by atoms with Gasteiger partial charge in [-0.3, -0.25) is 4.79 Å². The van der Waals surface area contributed by atoms with Crippen molar-refractivity contribution in [2.24, 2.45) is 5.92 Å². The molecule has 0 saturated carbocycles. The maximum atomic E-state index is 13.5. The number of ether oxygens (including phenoxy) is 1. The number of benzene rings is 2. The third-order valence-corrected chi connectivity index (χ3v) is 6.51. The molecule has 32 heavy (non-hydrogen) atoms. The van der Waals surface area contributed by atoms with Crippen LogP contribution in [0, 0.1) is 5.92 Å². The van der Waals surface area contributed by atoms with Crippen LogP contribution in [0.5, 0.6) is 5.75 Å². The number of fused-ring (bicyclic) bond motifs is 1. The number of hydrogen-bond acceptors (Lipinski definition) is 5. The predicted molar refractivity (Wildman–Crippen MR) is 126 cm³/mol. The van der Waals surface area contributed by atoms with Crippen molar-refractivity contribution in [2.45, 2.75) is 25.7 Å². The van der Waals surface area contributed by atoms with Gasteiger partial charge in [-0.25, -0.2) is 9.97 Å². The van der Waals surface area contributed by atoms with Crippen molar-refractivity contribution >= 4 is 17.4 Å². The lowest BCUT2D eigenvalue weighted by Gasteiger charge is -2.37. The number of rotatable bonds is 4. The van der Waals surface area contributed by atoms with Crippen LogP contribution >= 0.6 is 0 Å². The SMILES string of the molecule is COc1ccc(-c2cc(N3CCCC(C(=O)N4CCCc5ccccc54)C3)ncn2)cc1. The zero-order valence-electron chi connectivity index (χ0n) is 18.4. The summed E-state index contributed by atoms with van der Waals surface area (Å²) in [6.45, 7) is 2.40. The van der Waals surface area contributed by atoms with E-state index in [0.717, 1.165) is 67.3 Å². The lowest BCUT2D eigenvalue weighted by Crippen LogP contribution is -2.46. The van der Waals surface area contributed by atoms with E-state index in [-0.39, 0.29) is 11.8 Å². The number of carbonyl (C=O) groups excluding carboxylic acids is 1. The average Bonchev–Trinajstić information content (AvgIpc) is 2.88. The highest BCUT2D eigenvalue weighted by molar-refractivity contribution is 5.96. The van der Waals surface area contributed by atoms with Gasteiger partial charge in [0.15, 0.2) is 0 Å². The molecule has 1 amide bonds. The first-order valence-corrected chi connectivity index (χ1v) is 11.3. The molecular formula is C26H28N4O2. The average molecular weight is 429 g/mol. The van der Waals surface area contributed by atoms with Crippen molar-refractivity contribution in [1.29, 1.82) is 0 Å². The van der Waals surface area contributed by atoms with Crippen molar-refractivity contribution < 1.29 is 9.53 Å². The van der Waals surface area contributed by atoms with Gasteiger partial charge in [0, 0.05) is 37.0 Å². The molecule has 0 aliphatic carbocycles. The number of methoxy groups -OCH3 is 1. The minimum Gasteiger partial charge on any atom is -0.497 e. The Morgan fingerprint density at radius 2 is 1.88 bits per heavy atom. The summed E-state index contributed by atoms with van der Waals surface area (Å²) in [5.74, 6) is 1.92. The number of piperidine rings is 1. The summed E-state index contributed by atoms with van der Waals surface area (Å²) >= 11 is 0. The van der Waals surface area contributed by atoms with Crippen LogP contribution in [0.1, 0.15) is 24.8 Å². The van der Waals surface area contributed by atoms with Gasteiger partial charge in [-0.1, -0.05) is 18.2 Å². The van der Waals surface area contributed by atoms with Crippen molar-refractivity contribution in [3.8, 4) is 17.0 Å². The molecule has 1 unspecified atom stereocenters. The van der Waals surface area contributed by atoms with Crippen molar-refractivity contribution in [3.05, 3.63) is 66.5 Å². The Labute approximate surface area is 188 Å². The van der Waals surface area contributed by atoms with E-state index in [9.17, 15) is 4.79 Å². The second kappa shape index (κ2) is 8.99. The van der Waals surface area contributed by atoms with E-state index in [2.05, 4.69) is 33.1 Å². The van der Waals surface area contributed by atoms with Crippen LogP contribution in [0.25, 0.3) is 11.3 Å². The molecule has 1 atom stereocenters. The number of anilines is 2. The van der Waals surface area contributed by atoms with Crippen molar-refractivity contribution in [1.82, 2.24) is 9.97 Å². The van der Waals surface area contributed by atoms with Gasteiger partial charge in [-0.05, 0) is 61.6 Å². The predicted octanol–water partition coefficient (Wildman–Crippen LogP) is 4.35. The van der Waals surface area contributed by atoms with Gasteiger partial charge in [0.2, 0.25) is 5.91 Å². The van der Waals surface area contributed by atoms with E-state index in [1.165, 1.54) is 5.56 Å². The number of para-hydroxylation sites is 1. The smallest absolute Gasteiger partial charge is 0.231 e. The van der Waals surface area contributed by atoms with Gasteiger partial charge in [0.05, 0.1) is 18.7 Å². The molecule has 6 heteroatoms. The minimum atomic E-state index is -0.0192. The van der Waals surface area contributed by atoms with Crippen LogP contribution in [-0.4, -0.2) is 42.6 Å². The Bertz CT molecular complexity index is 1100. The molecule has 0 radical (unpaired) electrons. The normalized spacial score (nSPS) is 18.2. The van der Waals surface area contributed by atoms with Crippen LogP contribution < -0.4 is 14.5 Å². The summed E-state index contributed by atoms with van der Waals surface area (Å²) in [5, 5.41) is 0. The molecule has 0 N–H and O–H groups in total. The quantitative estimate of drug-likeness (QED) is 0.618. The second-order valence-corrected chi connectivity index (χ2v) is 8.50. The van der Waals surface area contributed by atoms with Crippen LogP contribution in [0.15, 0.2) is 60.9 Å². The first kappa shape index (κ1) is 20.5. The van der Waals surface area contributed by atoms with E-state index in [1.54, 1.807) is 13.4 Å². The largest absolute Gasteiger partial charge is 0.497 e. The van der Waals surface area contributed by atoms with Gasteiger partial charge < -0.3 is 14.5 Å². The first-order valence-electron chi connectivity index (χ1n) is 11.3. The zero-order valence-corrected chi connectivity index (χ0v) is 18.4. The first-order chi connectivity index (χ1) is 15.7. The molecule has 164 valence electrons. The minimum absolute atomic E-state index is 0.0192. The summed E-state index contributed by atoms with van der Waals surface area (Å²) in [7, 11) is 1.66. The molecule has 0 spiro atoms. The lowest BCUT2D eigenvalue weighted by atomic mass is 9.94. The fourth-order valence-corrected chi connectivity index (χ4v) is 4.81. The summed E-state index contributed by atoms with van der Waals surface area (Å²) in [6.07, 6.45) is 5.58. The highest BCUT2D eigenvalue weighted by Gasteiger charge is 2.32. The third-order valence-electron chi connectivity index (χ3n) is 6.51.